The van der Waals surface area contributed by atoms with Crippen molar-refractivity contribution in [1.82, 2.24) is 5.32 Å². The number of carbonyl (C=O) groups is 2. The van der Waals surface area contributed by atoms with Crippen LogP contribution in [0.3, 0.4) is 0 Å². The molecule has 0 heterocycles. The maximum atomic E-state index is 12.8. The van der Waals surface area contributed by atoms with E-state index in [1.165, 1.54) is 31.4 Å². The van der Waals surface area contributed by atoms with Crippen molar-refractivity contribution in [1.29, 1.82) is 0 Å². The normalized spacial score (nSPS) is 10.2. The van der Waals surface area contributed by atoms with Gasteiger partial charge < -0.3 is 10.1 Å². The van der Waals surface area contributed by atoms with E-state index in [4.69, 9.17) is 0 Å². The first kappa shape index (κ1) is 12.9. The Bertz CT molecular complexity index is 443. The standard InChI is InChI=1S/C12H12FNO3/c1-17-12(16)8-14-11(15)6-5-9-3-2-4-10(13)7-9/h2-7H,8H2,1H3,(H,14,15). The molecule has 0 aliphatic carbocycles. The van der Waals surface area contributed by atoms with Crippen LogP contribution in [0.2, 0.25) is 0 Å². The molecule has 5 heteroatoms. The molecule has 0 aromatic heterocycles. The summed E-state index contributed by atoms with van der Waals surface area (Å²) in [4.78, 5) is 21.9. The van der Waals surface area contributed by atoms with Crippen molar-refractivity contribution >= 4 is 18.0 Å². The molecule has 90 valence electrons. The minimum Gasteiger partial charge on any atom is -0.468 e. The molecular formula is C12H12FNO3. The van der Waals surface area contributed by atoms with Crippen LogP contribution in [0, 0.1) is 5.82 Å². The van der Waals surface area contributed by atoms with Crippen LogP contribution in [-0.4, -0.2) is 25.5 Å². The zero-order valence-electron chi connectivity index (χ0n) is 9.27. The minimum absolute atomic E-state index is 0.192. The number of ether oxygens (including phenoxy) is 1. The van der Waals surface area contributed by atoms with Crippen molar-refractivity contribution in [3.05, 3.63) is 41.7 Å². The quantitative estimate of drug-likeness (QED) is 0.630. The van der Waals surface area contributed by atoms with Crippen LogP contribution in [0.4, 0.5) is 4.39 Å². The van der Waals surface area contributed by atoms with Crippen molar-refractivity contribution in [2.45, 2.75) is 0 Å². The first-order chi connectivity index (χ1) is 8.11. The molecule has 0 bridgehead atoms. The van der Waals surface area contributed by atoms with Gasteiger partial charge in [0.25, 0.3) is 0 Å². The van der Waals surface area contributed by atoms with Gasteiger partial charge in [-0.3, -0.25) is 9.59 Å². The summed E-state index contributed by atoms with van der Waals surface area (Å²) in [5.41, 5.74) is 0.568. The van der Waals surface area contributed by atoms with Gasteiger partial charge in [-0.2, -0.15) is 0 Å². The van der Waals surface area contributed by atoms with E-state index in [2.05, 4.69) is 10.1 Å². The van der Waals surface area contributed by atoms with Crippen molar-refractivity contribution in [3.63, 3.8) is 0 Å². The van der Waals surface area contributed by atoms with E-state index >= 15 is 0 Å². The van der Waals surface area contributed by atoms with Gasteiger partial charge in [-0.25, -0.2) is 4.39 Å². The predicted octanol–water partition coefficient (Wildman–Crippen LogP) is 1.13. The number of hydrogen-bond donors (Lipinski definition) is 1. The van der Waals surface area contributed by atoms with Crippen LogP contribution in [0.1, 0.15) is 5.56 Å². The highest BCUT2D eigenvalue weighted by Gasteiger charge is 2.01. The topological polar surface area (TPSA) is 55.4 Å². The molecule has 0 saturated carbocycles. The maximum Gasteiger partial charge on any atom is 0.325 e. The number of rotatable bonds is 4. The third kappa shape index (κ3) is 4.92. The largest absolute Gasteiger partial charge is 0.468 e. The van der Waals surface area contributed by atoms with Gasteiger partial charge in [0.05, 0.1) is 7.11 Å². The summed E-state index contributed by atoms with van der Waals surface area (Å²) in [6.07, 6.45) is 2.67. The second kappa shape index (κ2) is 6.42. The lowest BCUT2D eigenvalue weighted by atomic mass is 10.2. The van der Waals surface area contributed by atoms with Gasteiger partial charge in [-0.1, -0.05) is 12.1 Å². The average Bonchev–Trinajstić information content (AvgIpc) is 2.33. The monoisotopic (exact) mass is 237 g/mol. The Balaban J connectivity index is 2.48. The molecular weight excluding hydrogens is 225 g/mol. The zero-order valence-corrected chi connectivity index (χ0v) is 9.27. The summed E-state index contributed by atoms with van der Waals surface area (Å²) in [5.74, 6) is -1.35. The van der Waals surface area contributed by atoms with Gasteiger partial charge in [-0.15, -0.1) is 0 Å². The first-order valence-corrected chi connectivity index (χ1v) is 4.90. The highest BCUT2D eigenvalue weighted by molar-refractivity contribution is 5.93. The fourth-order valence-electron chi connectivity index (χ4n) is 1.07. The van der Waals surface area contributed by atoms with Gasteiger partial charge in [-0.05, 0) is 23.8 Å². The molecule has 0 spiro atoms. The smallest absolute Gasteiger partial charge is 0.325 e. The molecule has 0 atom stereocenters. The number of nitrogens with one attached hydrogen (secondary N) is 1. The number of hydrogen-bond acceptors (Lipinski definition) is 3. The van der Waals surface area contributed by atoms with Crippen LogP contribution in [0.15, 0.2) is 30.3 Å². The maximum absolute atomic E-state index is 12.8. The summed E-state index contributed by atoms with van der Waals surface area (Å²) in [5, 5.41) is 2.32. The van der Waals surface area contributed by atoms with Crippen molar-refractivity contribution in [2.75, 3.05) is 13.7 Å². The molecule has 4 nitrogen and oxygen atoms in total. The van der Waals surface area contributed by atoms with Crippen molar-refractivity contribution in [3.8, 4) is 0 Å². The molecule has 0 fully saturated rings. The van der Waals surface area contributed by atoms with E-state index in [-0.39, 0.29) is 12.4 Å². The molecule has 0 saturated heterocycles. The fourth-order valence-corrected chi connectivity index (χ4v) is 1.07. The van der Waals surface area contributed by atoms with Crippen LogP contribution in [0.25, 0.3) is 6.08 Å². The summed E-state index contributed by atoms with van der Waals surface area (Å²) in [6, 6.07) is 5.81. The molecule has 17 heavy (non-hydrogen) atoms. The number of amides is 1. The fraction of sp³-hybridized carbons (Fsp3) is 0.167. The lowest BCUT2D eigenvalue weighted by Gasteiger charge is -1.99. The second-order valence-electron chi connectivity index (χ2n) is 3.18. The van der Waals surface area contributed by atoms with E-state index in [1.54, 1.807) is 12.1 Å². The number of esters is 1. The molecule has 0 aliphatic heterocycles. The summed E-state index contributed by atoms with van der Waals surface area (Å²) >= 11 is 0. The van der Waals surface area contributed by atoms with Gasteiger partial charge in [0.15, 0.2) is 0 Å². The Morgan fingerprint density at radius 2 is 2.24 bits per heavy atom. The first-order valence-electron chi connectivity index (χ1n) is 4.90. The zero-order chi connectivity index (χ0) is 12.7. The van der Waals surface area contributed by atoms with Crippen molar-refractivity contribution in [2.24, 2.45) is 0 Å². The number of carbonyl (C=O) groups excluding carboxylic acids is 2. The third-order valence-electron chi connectivity index (χ3n) is 1.91. The van der Waals surface area contributed by atoms with E-state index in [0.29, 0.717) is 5.56 Å². The molecule has 1 amide bonds. The summed E-state index contributed by atoms with van der Waals surface area (Å²) in [6.45, 7) is -0.192. The van der Waals surface area contributed by atoms with Crippen LogP contribution in [0.5, 0.6) is 0 Å². The highest BCUT2D eigenvalue weighted by atomic mass is 19.1. The van der Waals surface area contributed by atoms with E-state index < -0.39 is 11.9 Å². The summed E-state index contributed by atoms with van der Waals surface area (Å²) in [7, 11) is 1.23. The SMILES string of the molecule is COC(=O)CNC(=O)C=Cc1cccc(F)c1. The molecule has 1 aromatic carbocycles. The lowest BCUT2D eigenvalue weighted by molar-refractivity contribution is -0.140. The van der Waals surface area contributed by atoms with Gasteiger partial charge >= 0.3 is 5.97 Å². The molecule has 0 radical (unpaired) electrons. The van der Waals surface area contributed by atoms with Gasteiger partial charge in [0.1, 0.15) is 12.4 Å². The van der Waals surface area contributed by atoms with Gasteiger partial charge in [0, 0.05) is 6.08 Å². The second-order valence-corrected chi connectivity index (χ2v) is 3.18. The van der Waals surface area contributed by atoms with E-state index in [0.717, 1.165) is 0 Å². The number of methoxy groups -OCH3 is 1. The Kier molecular flexibility index (Phi) is 4.87. The average molecular weight is 237 g/mol. The third-order valence-corrected chi connectivity index (χ3v) is 1.91. The predicted molar refractivity (Wildman–Crippen MR) is 60.5 cm³/mol. The Labute approximate surface area is 98.1 Å². The van der Waals surface area contributed by atoms with E-state index in [9.17, 15) is 14.0 Å². The molecule has 1 N–H and O–H groups in total. The highest BCUT2D eigenvalue weighted by Crippen LogP contribution is 2.04. The van der Waals surface area contributed by atoms with Crippen LogP contribution >= 0.6 is 0 Å². The Morgan fingerprint density at radius 3 is 2.88 bits per heavy atom. The van der Waals surface area contributed by atoms with Crippen LogP contribution in [-0.2, 0) is 14.3 Å². The van der Waals surface area contributed by atoms with E-state index in [1.807, 2.05) is 0 Å². The summed E-state index contributed by atoms with van der Waals surface area (Å²) < 4.78 is 17.1. The van der Waals surface area contributed by atoms with Crippen molar-refractivity contribution < 1.29 is 18.7 Å². The molecule has 0 unspecified atom stereocenters. The minimum atomic E-state index is -0.530. The Morgan fingerprint density at radius 1 is 1.47 bits per heavy atom. The van der Waals surface area contributed by atoms with Gasteiger partial charge in [0.2, 0.25) is 5.91 Å². The van der Waals surface area contributed by atoms with Crippen LogP contribution < -0.4 is 5.32 Å². The molecule has 0 aliphatic rings. The Hall–Kier alpha value is -2.17. The molecule has 1 rings (SSSR count). The number of benzene rings is 1. The molecule has 1 aromatic rings. The number of halogens is 1. The lowest BCUT2D eigenvalue weighted by Crippen LogP contribution is -2.28.